The summed E-state index contributed by atoms with van der Waals surface area (Å²) in [6.45, 7) is 2.59. The largest absolute Gasteiger partial charge is 0.496 e. The second kappa shape index (κ2) is 9.96. The molecule has 8 nitrogen and oxygen atoms in total. The molecule has 0 heterocycles. The average Bonchev–Trinajstić information content (AvgIpc) is 2.71. The summed E-state index contributed by atoms with van der Waals surface area (Å²) in [5.41, 5.74) is 0.557. The summed E-state index contributed by atoms with van der Waals surface area (Å²) in [5.74, 6) is 1.01. The molecule has 0 fully saturated rings. The fraction of sp³-hybridized carbons (Fsp3) is 0.250. The Bertz CT molecular complexity index is 879. The number of ether oxygens (including phenoxy) is 3. The third-order valence-electron chi connectivity index (χ3n) is 3.74. The van der Waals surface area contributed by atoms with E-state index in [4.69, 9.17) is 14.2 Å². The molecule has 0 saturated carbocycles. The maximum atomic E-state index is 12.2. The van der Waals surface area contributed by atoms with E-state index in [1.54, 1.807) is 24.3 Å². The minimum Gasteiger partial charge on any atom is -0.496 e. The number of hydrogen-bond acceptors (Lipinski definition) is 6. The van der Waals surface area contributed by atoms with Gasteiger partial charge in [0.25, 0.3) is 5.69 Å². The Morgan fingerprint density at radius 1 is 1.14 bits per heavy atom. The average molecular weight is 386 g/mol. The van der Waals surface area contributed by atoms with Gasteiger partial charge in [0.15, 0.2) is 11.5 Å². The van der Waals surface area contributed by atoms with E-state index in [1.165, 1.54) is 38.5 Å². The van der Waals surface area contributed by atoms with Gasteiger partial charge in [-0.1, -0.05) is 13.0 Å². The molecule has 0 aliphatic rings. The van der Waals surface area contributed by atoms with Crippen molar-refractivity contribution in [3.63, 3.8) is 0 Å². The Morgan fingerprint density at radius 3 is 2.57 bits per heavy atom. The van der Waals surface area contributed by atoms with Gasteiger partial charge in [-0.05, 0) is 42.3 Å². The predicted molar refractivity (Wildman–Crippen MR) is 106 cm³/mol. The van der Waals surface area contributed by atoms with Crippen LogP contribution in [0.4, 0.5) is 11.4 Å². The Morgan fingerprint density at radius 2 is 1.93 bits per heavy atom. The van der Waals surface area contributed by atoms with Gasteiger partial charge in [-0.15, -0.1) is 0 Å². The van der Waals surface area contributed by atoms with Crippen molar-refractivity contribution in [1.82, 2.24) is 0 Å². The van der Waals surface area contributed by atoms with Gasteiger partial charge in [0.1, 0.15) is 11.4 Å². The van der Waals surface area contributed by atoms with E-state index < -0.39 is 10.8 Å². The second-order valence-electron chi connectivity index (χ2n) is 5.72. The molecule has 0 aliphatic heterocycles. The molecule has 148 valence electrons. The number of methoxy groups -OCH3 is 2. The van der Waals surface area contributed by atoms with Crippen LogP contribution in [0.1, 0.15) is 18.9 Å². The summed E-state index contributed by atoms with van der Waals surface area (Å²) in [6.07, 6.45) is 3.74. The quantitative estimate of drug-likeness (QED) is 0.396. The zero-order valence-corrected chi connectivity index (χ0v) is 15.9. The number of nitrogens with one attached hydrogen (secondary N) is 1. The van der Waals surface area contributed by atoms with E-state index in [0.717, 1.165) is 12.0 Å². The highest BCUT2D eigenvalue weighted by atomic mass is 16.6. The first-order valence-corrected chi connectivity index (χ1v) is 8.60. The van der Waals surface area contributed by atoms with E-state index in [0.29, 0.717) is 23.9 Å². The number of nitrogens with zero attached hydrogens (tertiary/aromatic N) is 1. The van der Waals surface area contributed by atoms with Crippen LogP contribution < -0.4 is 19.5 Å². The van der Waals surface area contributed by atoms with Crippen molar-refractivity contribution in [2.45, 2.75) is 13.3 Å². The minimum atomic E-state index is -0.582. The number of carbonyl (C=O) groups is 1. The van der Waals surface area contributed by atoms with Crippen LogP contribution in [-0.4, -0.2) is 31.7 Å². The van der Waals surface area contributed by atoms with Gasteiger partial charge in [0.05, 0.1) is 31.8 Å². The molecular weight excluding hydrogens is 364 g/mol. The monoisotopic (exact) mass is 386 g/mol. The van der Waals surface area contributed by atoms with Crippen LogP contribution in [0.25, 0.3) is 6.08 Å². The molecule has 1 N–H and O–H groups in total. The van der Waals surface area contributed by atoms with Gasteiger partial charge < -0.3 is 19.5 Å². The number of hydrogen-bond donors (Lipinski definition) is 1. The number of nitro benzene ring substituents is 1. The van der Waals surface area contributed by atoms with E-state index in [9.17, 15) is 14.9 Å². The summed E-state index contributed by atoms with van der Waals surface area (Å²) < 4.78 is 15.9. The lowest BCUT2D eigenvalue weighted by Crippen LogP contribution is -2.09. The number of amides is 1. The van der Waals surface area contributed by atoms with Crippen molar-refractivity contribution >= 4 is 23.4 Å². The maximum absolute atomic E-state index is 12.2. The first-order chi connectivity index (χ1) is 13.5. The summed E-state index contributed by atoms with van der Waals surface area (Å²) in [4.78, 5) is 22.8. The molecule has 2 rings (SSSR count). The molecule has 0 atom stereocenters. The first-order valence-electron chi connectivity index (χ1n) is 8.60. The SMILES string of the molecule is CCCOc1ccc(/C=C/C(=O)Nc2ccc(OC)cc2[N+](=O)[O-])cc1OC. The third kappa shape index (κ3) is 5.47. The van der Waals surface area contributed by atoms with Crippen LogP contribution in [-0.2, 0) is 4.79 Å². The summed E-state index contributed by atoms with van der Waals surface area (Å²) in [5, 5.41) is 13.7. The van der Waals surface area contributed by atoms with Gasteiger partial charge in [-0.25, -0.2) is 0 Å². The van der Waals surface area contributed by atoms with Gasteiger partial charge in [-0.2, -0.15) is 0 Å². The lowest BCUT2D eigenvalue weighted by Gasteiger charge is -2.10. The van der Waals surface area contributed by atoms with Gasteiger partial charge >= 0.3 is 0 Å². The molecule has 1 amide bonds. The van der Waals surface area contributed by atoms with Crippen LogP contribution in [0.2, 0.25) is 0 Å². The van der Waals surface area contributed by atoms with Crippen molar-refractivity contribution < 1.29 is 23.9 Å². The van der Waals surface area contributed by atoms with Gasteiger partial charge in [0.2, 0.25) is 5.91 Å². The van der Waals surface area contributed by atoms with Crippen molar-refractivity contribution in [3.8, 4) is 17.2 Å². The number of rotatable bonds is 9. The molecule has 0 saturated heterocycles. The highest BCUT2D eigenvalue weighted by Gasteiger charge is 2.16. The second-order valence-corrected chi connectivity index (χ2v) is 5.72. The topological polar surface area (TPSA) is 99.9 Å². The molecule has 2 aromatic carbocycles. The molecule has 0 unspecified atom stereocenters. The normalized spacial score (nSPS) is 10.5. The Balaban J connectivity index is 2.13. The van der Waals surface area contributed by atoms with Gasteiger partial charge in [-0.3, -0.25) is 14.9 Å². The molecule has 0 radical (unpaired) electrons. The Hall–Kier alpha value is -3.55. The molecule has 0 bridgehead atoms. The summed E-state index contributed by atoms with van der Waals surface area (Å²) >= 11 is 0. The van der Waals surface area contributed by atoms with Gasteiger partial charge in [0, 0.05) is 6.08 Å². The summed E-state index contributed by atoms with van der Waals surface area (Å²) in [7, 11) is 2.95. The van der Waals surface area contributed by atoms with Crippen LogP contribution in [0.3, 0.4) is 0 Å². The smallest absolute Gasteiger partial charge is 0.296 e. The third-order valence-corrected chi connectivity index (χ3v) is 3.74. The van der Waals surface area contributed by atoms with E-state index in [-0.39, 0.29) is 11.4 Å². The zero-order valence-electron chi connectivity index (χ0n) is 15.9. The number of benzene rings is 2. The number of carbonyl (C=O) groups excluding carboxylic acids is 1. The Labute approximate surface area is 162 Å². The number of anilines is 1. The van der Waals surface area contributed by atoms with E-state index >= 15 is 0 Å². The van der Waals surface area contributed by atoms with Crippen LogP contribution in [0.15, 0.2) is 42.5 Å². The zero-order chi connectivity index (χ0) is 20.5. The molecule has 0 aromatic heterocycles. The minimum absolute atomic E-state index is 0.0846. The number of nitro groups is 1. The highest BCUT2D eigenvalue weighted by Crippen LogP contribution is 2.30. The van der Waals surface area contributed by atoms with E-state index in [1.807, 2.05) is 6.92 Å². The lowest BCUT2D eigenvalue weighted by molar-refractivity contribution is -0.384. The van der Waals surface area contributed by atoms with Crippen molar-refractivity contribution in [1.29, 1.82) is 0 Å². The molecule has 2 aromatic rings. The van der Waals surface area contributed by atoms with Crippen LogP contribution in [0, 0.1) is 10.1 Å². The molecular formula is C20H22N2O6. The summed E-state index contributed by atoms with van der Waals surface area (Å²) in [6, 6.07) is 9.50. The highest BCUT2D eigenvalue weighted by molar-refractivity contribution is 6.03. The molecule has 0 aliphatic carbocycles. The fourth-order valence-electron chi connectivity index (χ4n) is 2.36. The van der Waals surface area contributed by atoms with Crippen molar-refractivity contribution in [2.75, 3.05) is 26.1 Å². The molecule has 8 heteroatoms. The first kappa shape index (κ1) is 20.8. The molecule has 0 spiro atoms. The fourth-order valence-corrected chi connectivity index (χ4v) is 2.36. The Kier molecular flexibility index (Phi) is 7.38. The van der Waals surface area contributed by atoms with Crippen molar-refractivity contribution in [3.05, 3.63) is 58.2 Å². The maximum Gasteiger partial charge on any atom is 0.296 e. The van der Waals surface area contributed by atoms with E-state index in [2.05, 4.69) is 5.32 Å². The predicted octanol–water partition coefficient (Wildman–Crippen LogP) is 4.05. The van der Waals surface area contributed by atoms with Crippen molar-refractivity contribution in [2.24, 2.45) is 0 Å². The molecule has 28 heavy (non-hydrogen) atoms. The van der Waals surface area contributed by atoms with Crippen LogP contribution >= 0.6 is 0 Å². The standard InChI is InChI=1S/C20H22N2O6/c1-4-11-28-18-9-5-14(12-19(18)27-3)6-10-20(23)21-16-8-7-15(26-2)13-17(16)22(24)25/h5-10,12-13H,4,11H2,1-3H3,(H,21,23)/b10-6+. The van der Waals surface area contributed by atoms with Crippen LogP contribution in [0.5, 0.6) is 17.2 Å². The lowest BCUT2D eigenvalue weighted by atomic mass is 10.2.